The smallest absolute Gasteiger partial charge is 0.239 e. The minimum absolute atomic E-state index is 0.0238. The first-order valence-corrected chi connectivity index (χ1v) is 11.0. The summed E-state index contributed by atoms with van der Waals surface area (Å²) < 4.78 is 27.3. The van der Waals surface area contributed by atoms with Crippen molar-refractivity contribution in [3.63, 3.8) is 0 Å². The molecule has 2 atom stereocenters. The molecular weight excluding hydrogens is 454 g/mol. The molecule has 3 rings (SSSR count). The maximum Gasteiger partial charge on any atom is 0.239 e. The highest BCUT2D eigenvalue weighted by molar-refractivity contribution is 8.01. The van der Waals surface area contributed by atoms with Crippen molar-refractivity contribution in [2.24, 2.45) is 0 Å². The number of rotatable bonds is 11. The van der Waals surface area contributed by atoms with E-state index in [9.17, 15) is 0 Å². The van der Waals surface area contributed by atoms with Crippen molar-refractivity contribution in [3.8, 4) is 17.2 Å². The Morgan fingerprint density at radius 2 is 1.78 bits per heavy atom. The Hall–Kier alpha value is -2.53. The lowest BCUT2D eigenvalue weighted by Crippen LogP contribution is -2.18. The van der Waals surface area contributed by atoms with E-state index < -0.39 is 0 Å². The number of nitrogens with zero attached hydrogens (tertiary/aromatic N) is 4. The summed E-state index contributed by atoms with van der Waals surface area (Å²) in [6, 6.07) is 9.20. The van der Waals surface area contributed by atoms with Crippen molar-refractivity contribution in [1.29, 1.82) is 0 Å². The Kier molecular flexibility index (Phi) is 8.57. The number of benzene rings is 1. The third-order valence-corrected chi connectivity index (χ3v) is 5.83. The summed E-state index contributed by atoms with van der Waals surface area (Å²) in [6.07, 6.45) is 1.34. The third kappa shape index (κ3) is 5.26. The molecule has 1 N–H and O–H groups in total. The summed E-state index contributed by atoms with van der Waals surface area (Å²) in [7, 11) is 6.46. The Balaban J connectivity index is 1.91. The average molecular weight is 480 g/mol. The standard InChI is InChI=1S/C21H26ClN5O4S/c1-13(20(31-5)15-10-9-14(22)11-23-15)32-26-21-25-24-18(12-28-2)27(21)19-16(29-3)7-6-8-17(19)30-4/h6-11,13,20H,12H2,1-5H3,(H,25,26). The first-order valence-electron chi connectivity index (χ1n) is 9.74. The minimum atomic E-state index is -0.264. The second-order valence-corrected chi connectivity index (χ2v) is 8.32. The van der Waals surface area contributed by atoms with Crippen LogP contribution in [-0.2, 0) is 16.1 Å². The van der Waals surface area contributed by atoms with Crippen LogP contribution < -0.4 is 14.2 Å². The van der Waals surface area contributed by atoms with Gasteiger partial charge in [0.25, 0.3) is 0 Å². The van der Waals surface area contributed by atoms with Crippen LogP contribution in [0.5, 0.6) is 11.5 Å². The molecule has 172 valence electrons. The molecule has 3 aromatic rings. The molecule has 0 amide bonds. The lowest BCUT2D eigenvalue weighted by molar-refractivity contribution is 0.101. The molecule has 0 aliphatic carbocycles. The van der Waals surface area contributed by atoms with E-state index in [1.807, 2.05) is 35.8 Å². The van der Waals surface area contributed by atoms with Gasteiger partial charge in [0.05, 0.1) is 30.2 Å². The number of hydrogen-bond acceptors (Lipinski definition) is 9. The number of hydrogen-bond donors (Lipinski definition) is 1. The van der Waals surface area contributed by atoms with Gasteiger partial charge in [0.2, 0.25) is 5.95 Å². The van der Waals surface area contributed by atoms with Gasteiger partial charge in [-0.3, -0.25) is 14.3 Å². The van der Waals surface area contributed by atoms with Crippen LogP contribution in [0.1, 0.15) is 24.5 Å². The lowest BCUT2D eigenvalue weighted by Gasteiger charge is -2.22. The van der Waals surface area contributed by atoms with Gasteiger partial charge in [-0.05, 0) is 43.1 Å². The molecule has 9 nitrogen and oxygen atoms in total. The molecule has 0 fully saturated rings. The fraction of sp³-hybridized carbons (Fsp3) is 0.381. The fourth-order valence-electron chi connectivity index (χ4n) is 3.21. The van der Waals surface area contributed by atoms with E-state index >= 15 is 0 Å². The van der Waals surface area contributed by atoms with E-state index in [0.29, 0.717) is 34.0 Å². The maximum atomic E-state index is 5.96. The largest absolute Gasteiger partial charge is 0.494 e. The zero-order valence-corrected chi connectivity index (χ0v) is 20.1. The number of pyridine rings is 1. The van der Waals surface area contributed by atoms with Gasteiger partial charge in [0.15, 0.2) is 5.82 Å². The molecule has 32 heavy (non-hydrogen) atoms. The van der Waals surface area contributed by atoms with Crippen LogP contribution in [0.2, 0.25) is 5.02 Å². The molecule has 2 heterocycles. The van der Waals surface area contributed by atoms with Crippen molar-refractivity contribution < 1.29 is 18.9 Å². The van der Waals surface area contributed by atoms with Crippen molar-refractivity contribution in [2.75, 3.05) is 33.2 Å². The summed E-state index contributed by atoms with van der Waals surface area (Å²) in [5, 5.41) is 9.16. The predicted molar refractivity (Wildman–Crippen MR) is 125 cm³/mol. The van der Waals surface area contributed by atoms with E-state index in [1.165, 1.54) is 11.9 Å². The molecule has 1 aromatic carbocycles. The van der Waals surface area contributed by atoms with E-state index in [4.69, 9.17) is 30.5 Å². The summed E-state index contributed by atoms with van der Waals surface area (Å²) in [5.74, 6) is 2.31. The average Bonchev–Trinajstić information content (AvgIpc) is 3.21. The molecule has 0 saturated carbocycles. The number of anilines is 1. The quantitative estimate of drug-likeness (QED) is 0.403. The minimum Gasteiger partial charge on any atom is -0.494 e. The Labute approximate surface area is 196 Å². The van der Waals surface area contributed by atoms with Crippen LogP contribution in [0.4, 0.5) is 5.95 Å². The van der Waals surface area contributed by atoms with Gasteiger partial charge < -0.3 is 18.9 Å². The number of halogens is 1. The molecule has 2 aromatic heterocycles. The van der Waals surface area contributed by atoms with Gasteiger partial charge in [-0.1, -0.05) is 17.7 Å². The van der Waals surface area contributed by atoms with E-state index in [1.54, 1.807) is 40.7 Å². The summed E-state index contributed by atoms with van der Waals surface area (Å²) in [5.41, 5.74) is 1.46. The molecule has 0 bridgehead atoms. The van der Waals surface area contributed by atoms with Crippen LogP contribution in [0.3, 0.4) is 0 Å². The van der Waals surface area contributed by atoms with Crippen LogP contribution in [0.15, 0.2) is 36.5 Å². The Morgan fingerprint density at radius 3 is 2.34 bits per heavy atom. The fourth-order valence-corrected chi connectivity index (χ4v) is 4.12. The van der Waals surface area contributed by atoms with Crippen LogP contribution in [0.25, 0.3) is 5.69 Å². The number of nitrogens with one attached hydrogen (secondary N) is 1. The predicted octanol–water partition coefficient (Wildman–Crippen LogP) is 4.32. The molecular formula is C21H26ClN5O4S. The van der Waals surface area contributed by atoms with Crippen molar-refractivity contribution in [3.05, 3.63) is 53.1 Å². The van der Waals surface area contributed by atoms with Gasteiger partial charge in [-0.15, -0.1) is 10.2 Å². The number of para-hydroxylation sites is 1. The van der Waals surface area contributed by atoms with Gasteiger partial charge in [0.1, 0.15) is 29.9 Å². The summed E-state index contributed by atoms with van der Waals surface area (Å²) in [6.45, 7) is 2.29. The van der Waals surface area contributed by atoms with Crippen molar-refractivity contribution in [2.45, 2.75) is 24.9 Å². The van der Waals surface area contributed by atoms with Crippen LogP contribution >= 0.6 is 23.5 Å². The van der Waals surface area contributed by atoms with Crippen LogP contribution in [-0.4, -0.2) is 53.4 Å². The zero-order valence-electron chi connectivity index (χ0n) is 18.5. The van der Waals surface area contributed by atoms with E-state index in [-0.39, 0.29) is 18.0 Å². The van der Waals surface area contributed by atoms with E-state index in [2.05, 4.69) is 19.9 Å². The highest BCUT2D eigenvalue weighted by Crippen LogP contribution is 2.36. The topological polar surface area (TPSA) is 92.6 Å². The van der Waals surface area contributed by atoms with Crippen molar-refractivity contribution in [1.82, 2.24) is 19.7 Å². The number of methoxy groups -OCH3 is 4. The third-order valence-electron chi connectivity index (χ3n) is 4.69. The van der Waals surface area contributed by atoms with E-state index in [0.717, 1.165) is 5.69 Å². The first kappa shape index (κ1) is 24.1. The molecule has 0 aliphatic heterocycles. The maximum absolute atomic E-state index is 5.96. The second-order valence-electron chi connectivity index (χ2n) is 6.70. The summed E-state index contributed by atoms with van der Waals surface area (Å²) >= 11 is 7.40. The monoisotopic (exact) mass is 479 g/mol. The normalized spacial score (nSPS) is 12.9. The van der Waals surface area contributed by atoms with Gasteiger partial charge in [-0.2, -0.15) is 0 Å². The van der Waals surface area contributed by atoms with Crippen LogP contribution in [0, 0.1) is 0 Å². The summed E-state index contributed by atoms with van der Waals surface area (Å²) in [4.78, 5) is 4.38. The van der Waals surface area contributed by atoms with Crippen molar-refractivity contribution >= 4 is 29.5 Å². The molecule has 0 spiro atoms. The first-order chi connectivity index (χ1) is 15.5. The Morgan fingerprint density at radius 1 is 1.06 bits per heavy atom. The molecule has 0 saturated heterocycles. The highest BCUT2D eigenvalue weighted by Gasteiger charge is 2.25. The number of aromatic nitrogens is 4. The molecule has 11 heteroatoms. The lowest BCUT2D eigenvalue weighted by atomic mass is 10.2. The Bertz CT molecular complexity index is 996. The van der Waals surface area contributed by atoms with Gasteiger partial charge in [0, 0.05) is 20.4 Å². The zero-order chi connectivity index (χ0) is 23.1. The molecule has 0 radical (unpaired) electrons. The molecule has 2 unspecified atom stereocenters. The number of ether oxygens (including phenoxy) is 4. The van der Waals surface area contributed by atoms with Gasteiger partial charge >= 0.3 is 0 Å². The second kappa shape index (κ2) is 11.4. The highest BCUT2D eigenvalue weighted by atomic mass is 35.5. The van der Waals surface area contributed by atoms with Gasteiger partial charge in [-0.25, -0.2) is 0 Å². The molecule has 0 aliphatic rings. The SMILES string of the molecule is COCc1nnc(NSC(C)C(OC)c2ccc(Cl)cn2)n1-c1c(OC)cccc1OC.